The number of rotatable bonds is 18. The van der Waals surface area contributed by atoms with Gasteiger partial charge in [-0.3, -0.25) is 4.79 Å². The number of Topliss-reactive ketones (excluding diaryl/α,β-unsaturated/α-hetero) is 1. The Bertz CT molecular complexity index is 454. The molecule has 0 aliphatic heterocycles. The van der Waals surface area contributed by atoms with Crippen molar-refractivity contribution in [3.05, 3.63) is 12.2 Å². The predicted molar refractivity (Wildman–Crippen MR) is 113 cm³/mol. The van der Waals surface area contributed by atoms with Gasteiger partial charge in [-0.25, -0.2) is 0 Å². The number of unbranched alkanes of at least 4 members (excludes halogenated alkanes) is 9. The smallest absolute Gasteiger partial charge is 0.144 e. The van der Waals surface area contributed by atoms with Gasteiger partial charge >= 0.3 is 0 Å². The Morgan fingerprint density at radius 3 is 1.89 bits per heavy atom. The number of hydrogen-bond donors (Lipinski definition) is 1. The number of nitrogens with zero attached hydrogens (tertiary/aromatic N) is 1. The highest BCUT2D eigenvalue weighted by Crippen LogP contribution is 2.15. The molecular weight excluding hydrogens is 354 g/mol. The first kappa shape index (κ1) is 26.8. The molecule has 0 aromatic carbocycles. The van der Waals surface area contributed by atoms with Crippen molar-refractivity contribution in [2.24, 2.45) is 5.92 Å². The molecule has 5 nitrogen and oxygen atoms in total. The van der Waals surface area contributed by atoms with Crippen molar-refractivity contribution in [3.8, 4) is 0 Å². The molecule has 0 heterocycles. The zero-order valence-corrected chi connectivity index (χ0v) is 18.6. The van der Waals surface area contributed by atoms with E-state index in [1.54, 1.807) is 0 Å². The fourth-order valence-corrected chi connectivity index (χ4v) is 3.34. The van der Waals surface area contributed by atoms with Gasteiger partial charge in [-0.2, -0.15) is 0 Å². The topological polar surface area (TPSA) is 77.4 Å². The molecule has 0 aromatic rings. The van der Waals surface area contributed by atoms with Crippen molar-refractivity contribution in [1.82, 2.24) is 0 Å². The second-order valence-corrected chi connectivity index (χ2v) is 8.93. The summed E-state index contributed by atoms with van der Waals surface area (Å²) < 4.78 is 0.394. The molecule has 164 valence electrons. The number of allylic oxidation sites excluding steroid dienone is 2. The van der Waals surface area contributed by atoms with E-state index in [2.05, 4.69) is 19.1 Å². The van der Waals surface area contributed by atoms with Gasteiger partial charge < -0.3 is 19.5 Å². The largest absolute Gasteiger partial charge is 0.549 e. The molecule has 0 bridgehead atoms. The third kappa shape index (κ3) is 14.8. The summed E-state index contributed by atoms with van der Waals surface area (Å²) in [5.41, 5.74) is 0. The number of aliphatic carboxylic acids is 1. The van der Waals surface area contributed by atoms with Crippen molar-refractivity contribution >= 4 is 11.8 Å². The lowest BCUT2D eigenvalue weighted by Crippen LogP contribution is -2.51. The molecule has 0 amide bonds. The van der Waals surface area contributed by atoms with Crippen LogP contribution in [0.1, 0.15) is 84.0 Å². The van der Waals surface area contributed by atoms with Gasteiger partial charge in [-0.1, -0.05) is 57.6 Å². The normalized spacial score (nSPS) is 14.3. The van der Waals surface area contributed by atoms with Gasteiger partial charge in [0.25, 0.3) is 0 Å². The molecule has 0 spiro atoms. The molecule has 5 heteroatoms. The van der Waals surface area contributed by atoms with E-state index in [0.717, 1.165) is 32.1 Å². The maximum Gasteiger partial charge on any atom is 0.144 e. The summed E-state index contributed by atoms with van der Waals surface area (Å²) in [6.07, 6.45) is 16.0. The van der Waals surface area contributed by atoms with Gasteiger partial charge in [0.1, 0.15) is 18.4 Å². The Morgan fingerprint density at radius 2 is 1.39 bits per heavy atom. The van der Waals surface area contributed by atoms with Crippen molar-refractivity contribution in [2.45, 2.75) is 90.1 Å². The molecule has 0 fully saturated rings. The number of quaternary nitrogens is 1. The molecule has 0 aromatic heterocycles. The highest BCUT2D eigenvalue weighted by atomic mass is 16.4. The number of ketones is 1. The highest BCUT2D eigenvalue weighted by Gasteiger charge is 2.31. The second kappa shape index (κ2) is 15.7. The first-order valence-corrected chi connectivity index (χ1v) is 11.1. The lowest BCUT2D eigenvalue weighted by molar-refractivity contribution is -0.873. The van der Waals surface area contributed by atoms with E-state index in [1.165, 1.54) is 32.1 Å². The van der Waals surface area contributed by atoms with Crippen molar-refractivity contribution < 1.29 is 24.3 Å². The van der Waals surface area contributed by atoms with Crippen LogP contribution >= 0.6 is 0 Å². The minimum atomic E-state index is -1.47. The Kier molecular flexibility index (Phi) is 15.0. The average molecular weight is 398 g/mol. The molecule has 0 aliphatic rings. The number of carbonyl (C=O) groups is 2. The van der Waals surface area contributed by atoms with E-state index < -0.39 is 23.8 Å². The fraction of sp³-hybridized carbons (Fsp3) is 0.826. The van der Waals surface area contributed by atoms with Crippen LogP contribution in [0.4, 0.5) is 0 Å². The molecule has 1 N–H and O–H groups in total. The third-order valence-electron chi connectivity index (χ3n) is 4.91. The van der Waals surface area contributed by atoms with E-state index in [0.29, 0.717) is 10.9 Å². The van der Waals surface area contributed by atoms with E-state index in [-0.39, 0.29) is 13.0 Å². The summed E-state index contributed by atoms with van der Waals surface area (Å²) in [5, 5.41) is 21.4. The number of carboxylic acid groups (broad SMARTS) is 1. The van der Waals surface area contributed by atoms with Gasteiger partial charge in [-0.05, 0) is 32.1 Å². The summed E-state index contributed by atoms with van der Waals surface area (Å²) in [6, 6.07) is 0. The quantitative estimate of drug-likeness (QED) is 0.167. The summed E-state index contributed by atoms with van der Waals surface area (Å²) in [5.74, 6) is -3.29. The van der Waals surface area contributed by atoms with Crippen molar-refractivity contribution in [1.29, 1.82) is 0 Å². The Morgan fingerprint density at radius 1 is 0.893 bits per heavy atom. The van der Waals surface area contributed by atoms with Gasteiger partial charge in [0.15, 0.2) is 0 Å². The second-order valence-electron chi connectivity index (χ2n) is 8.93. The van der Waals surface area contributed by atoms with Gasteiger partial charge in [-0.15, -0.1) is 0 Å². The third-order valence-corrected chi connectivity index (χ3v) is 4.91. The lowest BCUT2D eigenvalue weighted by Gasteiger charge is -2.30. The summed E-state index contributed by atoms with van der Waals surface area (Å²) >= 11 is 0. The van der Waals surface area contributed by atoms with E-state index in [1.807, 2.05) is 21.1 Å². The SMILES string of the molecule is CCCCCC/C=C\CCCCCCCC(=O)C(C(=O)[O-])C(O)C[N+](C)(C)C. The number of likely N-dealkylation sites (N-methyl/N-ethyl adjacent to an activating group) is 1. The number of aliphatic hydroxyl groups excluding tert-OH is 1. The zero-order chi connectivity index (χ0) is 21.4. The molecule has 2 unspecified atom stereocenters. The number of hydrogen-bond acceptors (Lipinski definition) is 4. The van der Waals surface area contributed by atoms with Crippen LogP contribution < -0.4 is 5.11 Å². The molecule has 0 radical (unpaired) electrons. The van der Waals surface area contributed by atoms with Crippen LogP contribution in [0.15, 0.2) is 12.2 Å². The lowest BCUT2D eigenvalue weighted by atomic mass is 9.93. The van der Waals surface area contributed by atoms with Crippen LogP contribution in [0.2, 0.25) is 0 Å². The Labute approximate surface area is 172 Å². The molecule has 0 saturated carbocycles. The first-order valence-electron chi connectivity index (χ1n) is 11.1. The Balaban J connectivity index is 3.87. The molecule has 28 heavy (non-hydrogen) atoms. The van der Waals surface area contributed by atoms with Gasteiger partial charge in [0.05, 0.1) is 33.0 Å². The van der Waals surface area contributed by atoms with Crippen molar-refractivity contribution in [2.75, 3.05) is 27.7 Å². The Hall–Kier alpha value is -1.20. The number of carbonyl (C=O) groups excluding carboxylic acids is 2. The molecule has 0 saturated heterocycles. The average Bonchev–Trinajstić information content (AvgIpc) is 2.57. The standard InChI is InChI=1S/C23H43NO4/c1-5-6-7-8-9-10-11-12-13-14-15-16-17-18-20(25)22(23(27)28)21(26)19-24(2,3)4/h10-11,21-22,26H,5-9,12-19H2,1-4H3/b11-10-. The zero-order valence-electron chi connectivity index (χ0n) is 18.6. The van der Waals surface area contributed by atoms with Gasteiger partial charge in [0, 0.05) is 6.42 Å². The minimum Gasteiger partial charge on any atom is -0.549 e. The summed E-state index contributed by atoms with van der Waals surface area (Å²) in [6.45, 7) is 2.43. The number of carboxylic acids is 1. The fourth-order valence-electron chi connectivity index (χ4n) is 3.34. The van der Waals surface area contributed by atoms with Crippen LogP contribution in [-0.4, -0.2) is 55.1 Å². The van der Waals surface area contributed by atoms with E-state index in [4.69, 9.17) is 0 Å². The van der Waals surface area contributed by atoms with Crippen LogP contribution in [0.25, 0.3) is 0 Å². The monoisotopic (exact) mass is 397 g/mol. The molecule has 2 atom stereocenters. The number of aliphatic hydroxyl groups is 1. The van der Waals surface area contributed by atoms with Crippen LogP contribution in [0, 0.1) is 5.92 Å². The highest BCUT2D eigenvalue weighted by molar-refractivity contribution is 5.98. The van der Waals surface area contributed by atoms with E-state index in [9.17, 15) is 19.8 Å². The van der Waals surface area contributed by atoms with E-state index >= 15 is 0 Å². The maximum absolute atomic E-state index is 12.2. The molecule has 0 aliphatic carbocycles. The van der Waals surface area contributed by atoms with Crippen molar-refractivity contribution in [3.63, 3.8) is 0 Å². The predicted octanol–water partition coefficient (Wildman–Crippen LogP) is 3.25. The summed E-state index contributed by atoms with van der Waals surface area (Å²) in [4.78, 5) is 23.5. The first-order chi connectivity index (χ1) is 13.2. The minimum absolute atomic E-state index is 0.199. The summed E-state index contributed by atoms with van der Waals surface area (Å²) in [7, 11) is 5.55. The van der Waals surface area contributed by atoms with Gasteiger partial charge in [0.2, 0.25) is 0 Å². The molecular formula is C23H43NO4. The van der Waals surface area contributed by atoms with Crippen LogP contribution in [0.5, 0.6) is 0 Å². The van der Waals surface area contributed by atoms with Crippen LogP contribution in [-0.2, 0) is 9.59 Å². The molecule has 0 rings (SSSR count). The maximum atomic E-state index is 12.2. The van der Waals surface area contributed by atoms with Crippen LogP contribution in [0.3, 0.4) is 0 Å².